The van der Waals surface area contributed by atoms with Crippen LogP contribution in [0.5, 0.6) is 0 Å². The SMILES string of the molecule is CC(=O)O[C@@H]1[C@H](OC(C)=O)[C@@H]2C=C[C@H]1[NH2+]O2. The number of rotatable bonds is 2. The lowest BCUT2D eigenvalue weighted by molar-refractivity contribution is -0.934. The van der Waals surface area contributed by atoms with Gasteiger partial charge in [-0.3, -0.25) is 9.59 Å². The molecule has 0 aromatic heterocycles. The van der Waals surface area contributed by atoms with Crippen LogP contribution in [0.1, 0.15) is 13.8 Å². The van der Waals surface area contributed by atoms with E-state index in [4.69, 9.17) is 14.3 Å². The van der Waals surface area contributed by atoms with E-state index in [-0.39, 0.29) is 12.1 Å². The van der Waals surface area contributed by atoms with Crippen molar-refractivity contribution in [3.8, 4) is 0 Å². The summed E-state index contributed by atoms with van der Waals surface area (Å²) in [6.07, 6.45) is 2.31. The van der Waals surface area contributed by atoms with Gasteiger partial charge in [-0.2, -0.15) is 10.3 Å². The fourth-order valence-electron chi connectivity index (χ4n) is 1.95. The lowest BCUT2D eigenvalue weighted by Gasteiger charge is -2.39. The van der Waals surface area contributed by atoms with Gasteiger partial charge in [0.25, 0.3) is 0 Å². The van der Waals surface area contributed by atoms with Crippen LogP contribution in [0.3, 0.4) is 0 Å². The van der Waals surface area contributed by atoms with Gasteiger partial charge >= 0.3 is 11.9 Å². The molecule has 0 aromatic rings. The number of fused-ring (bicyclic) bond motifs is 2. The van der Waals surface area contributed by atoms with Gasteiger partial charge < -0.3 is 9.47 Å². The molecule has 3 aliphatic rings. The molecule has 0 aromatic carbocycles. The summed E-state index contributed by atoms with van der Waals surface area (Å²) < 4.78 is 10.3. The van der Waals surface area contributed by atoms with E-state index < -0.39 is 24.1 Å². The largest absolute Gasteiger partial charge is 0.455 e. The van der Waals surface area contributed by atoms with Crippen LogP contribution >= 0.6 is 0 Å². The van der Waals surface area contributed by atoms with E-state index in [9.17, 15) is 9.59 Å². The smallest absolute Gasteiger partial charge is 0.303 e. The van der Waals surface area contributed by atoms with Gasteiger partial charge in [-0.25, -0.2) is 0 Å². The minimum atomic E-state index is -0.554. The summed E-state index contributed by atoms with van der Waals surface area (Å²) in [5.41, 5.74) is 1.61. The van der Waals surface area contributed by atoms with E-state index in [1.54, 1.807) is 5.48 Å². The summed E-state index contributed by atoms with van der Waals surface area (Å²) in [6, 6.07) is -0.154. The molecule has 0 radical (unpaired) electrons. The molecule has 3 rings (SSSR count). The topological polar surface area (TPSA) is 78.4 Å². The summed E-state index contributed by atoms with van der Waals surface area (Å²) >= 11 is 0. The number of esters is 2. The molecule has 2 heterocycles. The van der Waals surface area contributed by atoms with Gasteiger partial charge in [-0.1, -0.05) is 0 Å². The van der Waals surface area contributed by atoms with Crippen molar-refractivity contribution in [1.82, 2.24) is 0 Å². The summed E-state index contributed by atoms with van der Waals surface area (Å²) in [6.45, 7) is 2.65. The number of hydrogen-bond acceptors (Lipinski definition) is 5. The van der Waals surface area contributed by atoms with E-state index in [1.165, 1.54) is 13.8 Å². The van der Waals surface area contributed by atoms with Gasteiger partial charge in [0, 0.05) is 13.8 Å². The number of nitrogens with two attached hydrogens (primary N) is 1. The predicted molar refractivity (Wildman–Crippen MR) is 50.8 cm³/mol. The molecule has 0 spiro atoms. The summed E-state index contributed by atoms with van der Waals surface area (Å²) in [4.78, 5) is 27.3. The second kappa shape index (κ2) is 4.23. The standard InChI is InChI=1S/C10H13NO5/c1-5(12)14-9-7-3-4-8(16-11-7)10(9)15-6(2)13/h3-4,7-11H,1-2H3/p+1/t7-,8+,9+,10-/m1/s1. The fraction of sp³-hybridized carbons (Fsp3) is 0.600. The number of ether oxygens (including phenoxy) is 2. The van der Waals surface area contributed by atoms with Crippen molar-refractivity contribution in [1.29, 1.82) is 0 Å². The van der Waals surface area contributed by atoms with Gasteiger partial charge in [0.15, 0.2) is 24.4 Å². The summed E-state index contributed by atoms with van der Waals surface area (Å²) in [5, 5.41) is 0. The Morgan fingerprint density at radius 2 is 1.75 bits per heavy atom. The van der Waals surface area contributed by atoms with Crippen molar-refractivity contribution in [3.05, 3.63) is 12.2 Å². The third kappa shape index (κ3) is 2.07. The number of carbonyl (C=O) groups is 2. The van der Waals surface area contributed by atoms with E-state index in [1.807, 2.05) is 12.2 Å². The van der Waals surface area contributed by atoms with Crippen molar-refractivity contribution in [3.63, 3.8) is 0 Å². The molecule has 6 nitrogen and oxygen atoms in total. The molecule has 16 heavy (non-hydrogen) atoms. The molecular weight excluding hydrogens is 214 g/mol. The number of carbonyl (C=O) groups excluding carboxylic acids is 2. The first-order valence-corrected chi connectivity index (χ1v) is 5.09. The van der Waals surface area contributed by atoms with E-state index in [0.717, 1.165) is 0 Å². The summed E-state index contributed by atoms with van der Waals surface area (Å²) in [5.74, 6) is -0.803. The first-order chi connectivity index (χ1) is 7.58. The van der Waals surface area contributed by atoms with Crippen molar-refractivity contribution < 1.29 is 29.4 Å². The zero-order chi connectivity index (χ0) is 11.7. The predicted octanol–water partition coefficient (Wildman–Crippen LogP) is -1.33. The fourth-order valence-corrected chi connectivity index (χ4v) is 1.95. The van der Waals surface area contributed by atoms with E-state index in [0.29, 0.717) is 0 Å². The maximum absolute atomic E-state index is 11.0. The molecule has 1 aliphatic carbocycles. The molecule has 2 bridgehead atoms. The van der Waals surface area contributed by atoms with Crippen LogP contribution in [0.15, 0.2) is 12.2 Å². The molecule has 1 saturated heterocycles. The Morgan fingerprint density at radius 1 is 1.12 bits per heavy atom. The van der Waals surface area contributed by atoms with Crippen LogP contribution in [-0.4, -0.2) is 36.3 Å². The highest BCUT2D eigenvalue weighted by Gasteiger charge is 2.49. The monoisotopic (exact) mass is 228 g/mol. The van der Waals surface area contributed by atoms with Crippen LogP contribution in [0.4, 0.5) is 0 Å². The minimum Gasteiger partial charge on any atom is -0.455 e. The quantitative estimate of drug-likeness (QED) is 0.468. The van der Waals surface area contributed by atoms with Gasteiger partial charge in [0.05, 0.1) is 0 Å². The highest BCUT2D eigenvalue weighted by molar-refractivity contribution is 5.67. The maximum atomic E-state index is 11.0. The Kier molecular flexibility index (Phi) is 2.93. The molecule has 6 heteroatoms. The average molecular weight is 228 g/mol. The zero-order valence-electron chi connectivity index (χ0n) is 9.08. The van der Waals surface area contributed by atoms with Crippen LogP contribution < -0.4 is 5.48 Å². The number of hydrogen-bond donors (Lipinski definition) is 1. The third-order valence-corrected chi connectivity index (χ3v) is 2.55. The first kappa shape index (κ1) is 11.1. The van der Waals surface area contributed by atoms with Gasteiger partial charge in [0.2, 0.25) is 0 Å². The molecular formula is C10H14NO5+. The Bertz CT molecular complexity index is 308. The maximum Gasteiger partial charge on any atom is 0.303 e. The second-order valence-corrected chi connectivity index (χ2v) is 3.85. The summed E-state index contributed by atoms with van der Waals surface area (Å²) in [7, 11) is 0. The Hall–Kier alpha value is -1.40. The molecule has 2 N–H and O–H groups in total. The number of hydroxylamine groups is 1. The average Bonchev–Trinajstić information content (AvgIpc) is 2.22. The first-order valence-electron chi connectivity index (χ1n) is 5.09. The molecule has 0 saturated carbocycles. The number of quaternary nitrogens is 1. The van der Waals surface area contributed by atoms with Crippen LogP contribution in [0, 0.1) is 0 Å². The van der Waals surface area contributed by atoms with Crippen molar-refractivity contribution in [2.24, 2.45) is 0 Å². The van der Waals surface area contributed by atoms with Crippen molar-refractivity contribution in [2.75, 3.05) is 0 Å². The lowest BCUT2D eigenvalue weighted by Crippen LogP contribution is -2.98. The Morgan fingerprint density at radius 3 is 2.25 bits per heavy atom. The van der Waals surface area contributed by atoms with E-state index in [2.05, 4.69) is 0 Å². The van der Waals surface area contributed by atoms with Gasteiger partial charge in [-0.05, 0) is 12.2 Å². The van der Waals surface area contributed by atoms with Crippen LogP contribution in [0.2, 0.25) is 0 Å². The zero-order valence-corrected chi connectivity index (χ0v) is 9.08. The van der Waals surface area contributed by atoms with Gasteiger partial charge in [-0.15, -0.1) is 0 Å². The molecule has 0 unspecified atom stereocenters. The van der Waals surface area contributed by atoms with E-state index >= 15 is 0 Å². The van der Waals surface area contributed by atoms with Gasteiger partial charge in [0.1, 0.15) is 0 Å². The second-order valence-electron chi connectivity index (χ2n) is 3.85. The Balaban J connectivity index is 2.15. The van der Waals surface area contributed by atoms with Crippen LogP contribution in [0.25, 0.3) is 0 Å². The highest BCUT2D eigenvalue weighted by atomic mass is 16.7. The van der Waals surface area contributed by atoms with Crippen LogP contribution in [-0.2, 0) is 23.9 Å². The van der Waals surface area contributed by atoms with Crippen molar-refractivity contribution >= 4 is 11.9 Å². The molecule has 1 fully saturated rings. The normalized spacial score (nSPS) is 35.9. The Labute approximate surface area is 92.5 Å². The minimum absolute atomic E-state index is 0.154. The molecule has 4 atom stereocenters. The highest BCUT2D eigenvalue weighted by Crippen LogP contribution is 2.23. The molecule has 88 valence electrons. The lowest BCUT2D eigenvalue weighted by atomic mass is 9.92. The molecule has 2 aliphatic heterocycles. The molecule has 0 amide bonds. The van der Waals surface area contributed by atoms with Crippen molar-refractivity contribution in [2.45, 2.75) is 38.2 Å². The third-order valence-electron chi connectivity index (χ3n) is 2.55.